The van der Waals surface area contributed by atoms with Crippen LogP contribution in [0.4, 0.5) is 0 Å². The minimum atomic E-state index is -3.85. The fourth-order valence-electron chi connectivity index (χ4n) is 1.98. The number of nitrogens with one attached hydrogen (secondary N) is 2. The number of guanidine groups is 1. The summed E-state index contributed by atoms with van der Waals surface area (Å²) < 4.78 is 32.0. The molecule has 2 aliphatic rings. The fourth-order valence-corrected chi connectivity index (χ4v) is 2.93. The summed E-state index contributed by atoms with van der Waals surface area (Å²) in [7, 11) is -0.527. The van der Waals surface area contributed by atoms with Crippen LogP contribution in [0.25, 0.3) is 0 Å². The average molecular weight is 264 g/mol. The minimum Gasteiger partial charge on any atom is -0.359 e. The van der Waals surface area contributed by atoms with Crippen LogP contribution in [0.2, 0.25) is 0 Å². The molecule has 2 rings (SSSR count). The highest BCUT2D eigenvalue weighted by molar-refractivity contribution is 7.82. The van der Waals surface area contributed by atoms with Crippen molar-refractivity contribution in [1.29, 1.82) is 0 Å². The van der Waals surface area contributed by atoms with Crippen LogP contribution in [0.1, 0.15) is 6.42 Å². The molecule has 0 radical (unpaired) electrons. The van der Waals surface area contributed by atoms with Crippen molar-refractivity contribution in [3.8, 4) is 0 Å². The van der Waals surface area contributed by atoms with Gasteiger partial charge in [-0.25, -0.2) is 0 Å². The van der Waals surface area contributed by atoms with E-state index in [-0.39, 0.29) is 6.54 Å². The van der Waals surface area contributed by atoms with Gasteiger partial charge in [-0.3, -0.25) is 9.89 Å². The smallest absolute Gasteiger partial charge is 0.359 e. The Morgan fingerprint density at radius 2 is 2.24 bits per heavy atom. The van der Waals surface area contributed by atoms with Crippen molar-refractivity contribution in [1.82, 2.24) is 15.5 Å². The second kappa shape index (κ2) is 4.41. The van der Waals surface area contributed by atoms with E-state index in [0.29, 0.717) is 12.5 Å². The molecule has 1 spiro atoms. The lowest BCUT2D eigenvalue weighted by atomic mass is 10.3. The lowest BCUT2D eigenvalue weighted by Crippen LogP contribution is -2.68. The Morgan fingerprint density at radius 1 is 1.53 bits per heavy atom. The molecule has 2 aliphatic heterocycles. The van der Waals surface area contributed by atoms with Gasteiger partial charge < -0.3 is 10.6 Å². The molecular weight excluding hydrogens is 248 g/mol. The highest BCUT2D eigenvalue weighted by Crippen LogP contribution is 2.34. The normalized spacial score (nSPS) is 27.4. The van der Waals surface area contributed by atoms with E-state index in [1.807, 2.05) is 0 Å². The zero-order chi connectivity index (χ0) is 12.5. The molecule has 2 fully saturated rings. The second-order valence-electron chi connectivity index (χ2n) is 3.77. The van der Waals surface area contributed by atoms with E-state index in [9.17, 15) is 8.42 Å². The molecule has 17 heavy (non-hydrogen) atoms. The number of nitrogens with zero attached hydrogens (tertiary/aromatic N) is 2. The third-order valence-corrected chi connectivity index (χ3v) is 3.58. The Balaban J connectivity index is 2.26. The van der Waals surface area contributed by atoms with E-state index >= 15 is 0 Å². The minimum absolute atomic E-state index is 0.271. The van der Waals surface area contributed by atoms with E-state index < -0.39 is 16.3 Å². The van der Waals surface area contributed by atoms with Gasteiger partial charge in [0.05, 0.1) is 6.54 Å². The Hall–Kier alpha value is -0.900. The summed E-state index contributed by atoms with van der Waals surface area (Å²) >= 11 is 0. The highest BCUT2D eigenvalue weighted by Gasteiger charge is 2.58. The molecule has 2 N–H and O–H groups in total. The van der Waals surface area contributed by atoms with Crippen LogP contribution in [0.15, 0.2) is 4.99 Å². The van der Waals surface area contributed by atoms with Crippen LogP contribution in [-0.4, -0.2) is 58.9 Å². The first-order chi connectivity index (χ1) is 8.03. The predicted molar refractivity (Wildman–Crippen MR) is 60.4 cm³/mol. The van der Waals surface area contributed by atoms with E-state index in [1.165, 1.54) is 0 Å². The summed E-state index contributed by atoms with van der Waals surface area (Å²) in [6, 6.07) is 0. The van der Waals surface area contributed by atoms with Crippen molar-refractivity contribution in [2.75, 3.05) is 33.7 Å². The number of hydrogen-bond acceptors (Lipinski definition) is 6. The predicted octanol–water partition coefficient (Wildman–Crippen LogP) is -1.57. The summed E-state index contributed by atoms with van der Waals surface area (Å²) in [5.41, 5.74) is 0. The van der Waals surface area contributed by atoms with Crippen LogP contribution in [-0.2, 0) is 18.8 Å². The maximum absolute atomic E-state index is 11.1. The van der Waals surface area contributed by atoms with E-state index in [4.69, 9.17) is 8.37 Å². The van der Waals surface area contributed by atoms with Gasteiger partial charge in [-0.15, -0.1) is 0 Å². The van der Waals surface area contributed by atoms with Crippen molar-refractivity contribution in [3.05, 3.63) is 0 Å². The molecule has 0 aliphatic carbocycles. The zero-order valence-corrected chi connectivity index (χ0v) is 10.6. The van der Waals surface area contributed by atoms with Gasteiger partial charge in [0, 0.05) is 20.6 Å². The molecule has 0 aromatic heterocycles. The van der Waals surface area contributed by atoms with Gasteiger partial charge in [0.25, 0.3) is 0 Å². The molecule has 2 heterocycles. The lowest BCUT2D eigenvalue weighted by molar-refractivity contribution is -0.251. The van der Waals surface area contributed by atoms with Gasteiger partial charge in [0.1, 0.15) is 0 Å². The quantitative estimate of drug-likeness (QED) is 0.403. The van der Waals surface area contributed by atoms with Gasteiger partial charge >= 0.3 is 16.3 Å². The highest BCUT2D eigenvalue weighted by atomic mass is 32.3. The lowest BCUT2D eigenvalue weighted by Gasteiger charge is -2.46. The summed E-state index contributed by atoms with van der Waals surface area (Å²) in [6.07, 6.45) is 0.842. The van der Waals surface area contributed by atoms with Crippen LogP contribution >= 0.6 is 0 Å². The first kappa shape index (κ1) is 12.6. The van der Waals surface area contributed by atoms with Gasteiger partial charge in [-0.2, -0.15) is 16.8 Å². The zero-order valence-electron chi connectivity index (χ0n) is 9.76. The van der Waals surface area contributed by atoms with Gasteiger partial charge in [-0.05, 0) is 13.0 Å². The molecule has 0 unspecified atom stereocenters. The molecule has 2 saturated heterocycles. The summed E-state index contributed by atoms with van der Waals surface area (Å²) in [4.78, 5) is 5.72. The summed E-state index contributed by atoms with van der Waals surface area (Å²) in [5.74, 6) is -0.767. The first-order valence-electron chi connectivity index (χ1n) is 5.32. The summed E-state index contributed by atoms with van der Waals surface area (Å²) in [6.45, 7) is 1.63. The Labute approximate surface area is 100 Å². The van der Waals surface area contributed by atoms with Crippen molar-refractivity contribution >= 4 is 16.4 Å². The number of aliphatic imine (C=N–C) groups is 1. The Bertz CT molecular complexity index is 409. The third kappa shape index (κ3) is 2.23. The topological polar surface area (TPSA) is 92.3 Å². The van der Waals surface area contributed by atoms with E-state index in [1.54, 1.807) is 19.0 Å². The van der Waals surface area contributed by atoms with Gasteiger partial charge in [0.2, 0.25) is 0 Å². The van der Waals surface area contributed by atoms with Crippen molar-refractivity contribution < 1.29 is 16.8 Å². The van der Waals surface area contributed by atoms with E-state index in [0.717, 1.165) is 13.0 Å². The standard InChI is InChI=1S/C8H16N4O4S/c1-9-7(10-2)12-5-3-4-11-6-8(12)15-17(13,14)16-8/h11H,3-6H2,1-2H3,(H,9,10). The molecule has 0 amide bonds. The number of hydrogen-bond donors (Lipinski definition) is 2. The average Bonchev–Trinajstić information content (AvgIpc) is 2.43. The molecule has 0 aromatic rings. The molecule has 0 atom stereocenters. The monoisotopic (exact) mass is 264 g/mol. The van der Waals surface area contributed by atoms with E-state index in [2.05, 4.69) is 15.6 Å². The Kier molecular flexibility index (Phi) is 3.25. The van der Waals surface area contributed by atoms with Crippen LogP contribution in [0.3, 0.4) is 0 Å². The molecule has 9 heteroatoms. The molecule has 0 saturated carbocycles. The van der Waals surface area contributed by atoms with Crippen LogP contribution in [0, 0.1) is 0 Å². The van der Waals surface area contributed by atoms with Gasteiger partial charge in [-0.1, -0.05) is 0 Å². The van der Waals surface area contributed by atoms with Crippen LogP contribution in [0.5, 0.6) is 0 Å². The Morgan fingerprint density at radius 3 is 2.76 bits per heavy atom. The van der Waals surface area contributed by atoms with Crippen LogP contribution < -0.4 is 10.6 Å². The third-order valence-electron chi connectivity index (χ3n) is 2.65. The molecule has 8 nitrogen and oxygen atoms in total. The fraction of sp³-hybridized carbons (Fsp3) is 0.875. The van der Waals surface area contributed by atoms with Crippen molar-refractivity contribution in [3.63, 3.8) is 0 Å². The van der Waals surface area contributed by atoms with Crippen molar-refractivity contribution in [2.45, 2.75) is 12.3 Å². The maximum Gasteiger partial charge on any atom is 0.408 e. The first-order valence-corrected chi connectivity index (χ1v) is 6.65. The van der Waals surface area contributed by atoms with Crippen molar-refractivity contribution in [2.24, 2.45) is 4.99 Å². The maximum atomic E-state index is 11.1. The SMILES string of the molecule is CN=C(NC)N1CCCNCC12OS(=O)(=O)O2. The second-order valence-corrected chi connectivity index (χ2v) is 4.92. The molecule has 0 bridgehead atoms. The largest absolute Gasteiger partial charge is 0.408 e. The molecular formula is C8H16N4O4S. The summed E-state index contributed by atoms with van der Waals surface area (Å²) in [5, 5.41) is 5.97. The number of rotatable bonds is 0. The molecule has 98 valence electrons. The molecule has 0 aromatic carbocycles. The van der Waals surface area contributed by atoms with Gasteiger partial charge in [0.15, 0.2) is 5.96 Å².